The fourth-order valence-corrected chi connectivity index (χ4v) is 1.14. The lowest BCUT2D eigenvalue weighted by molar-refractivity contribution is -0.131. The molecule has 1 amide bonds. The van der Waals surface area contributed by atoms with Crippen LogP contribution in [0.1, 0.15) is 34.6 Å². The lowest BCUT2D eigenvalue weighted by Gasteiger charge is -2.27. The van der Waals surface area contributed by atoms with Crippen molar-refractivity contribution in [2.75, 3.05) is 20.1 Å². The molecule has 4 heteroatoms. The molecule has 0 aliphatic rings. The van der Waals surface area contributed by atoms with Crippen LogP contribution in [0.4, 0.5) is 0 Å². The number of likely N-dealkylation sites (N-methyl/N-ethyl adjacent to an activating group) is 1. The van der Waals surface area contributed by atoms with Crippen LogP contribution >= 0.6 is 0 Å². The van der Waals surface area contributed by atoms with Gasteiger partial charge in [-0.15, -0.1) is 0 Å². The van der Waals surface area contributed by atoms with Gasteiger partial charge in [-0.2, -0.15) is 0 Å². The average Bonchev–Trinajstić information content (AvgIpc) is 1.95. The molecule has 0 bridgehead atoms. The summed E-state index contributed by atoms with van der Waals surface area (Å²) in [4.78, 5) is 13.2. The van der Waals surface area contributed by atoms with Crippen LogP contribution in [0.3, 0.4) is 0 Å². The monoisotopic (exact) mass is 216 g/mol. The molecule has 2 N–H and O–H groups in total. The van der Waals surface area contributed by atoms with E-state index in [0.29, 0.717) is 13.1 Å². The summed E-state index contributed by atoms with van der Waals surface area (Å²) in [5, 5.41) is 12.7. The molecule has 0 atom stereocenters. The number of nitrogens with one attached hydrogen (secondary N) is 1. The third-order valence-electron chi connectivity index (χ3n) is 1.82. The summed E-state index contributed by atoms with van der Waals surface area (Å²) >= 11 is 0. The normalized spacial score (nSPS) is 12.7. The van der Waals surface area contributed by atoms with Crippen LogP contribution in [0.25, 0.3) is 0 Å². The predicted octanol–water partition coefficient (Wildman–Crippen LogP) is 0.604. The van der Waals surface area contributed by atoms with Gasteiger partial charge in [0.2, 0.25) is 5.91 Å². The van der Waals surface area contributed by atoms with Gasteiger partial charge in [0.25, 0.3) is 0 Å². The van der Waals surface area contributed by atoms with Crippen molar-refractivity contribution >= 4 is 5.91 Å². The van der Waals surface area contributed by atoms with Crippen molar-refractivity contribution < 1.29 is 9.90 Å². The van der Waals surface area contributed by atoms with E-state index in [1.165, 1.54) is 0 Å². The van der Waals surface area contributed by atoms with E-state index in [-0.39, 0.29) is 11.4 Å². The van der Waals surface area contributed by atoms with Crippen molar-refractivity contribution in [3.05, 3.63) is 0 Å². The molecule has 0 rings (SSSR count). The molecule has 4 nitrogen and oxygen atoms in total. The average molecular weight is 216 g/mol. The van der Waals surface area contributed by atoms with Gasteiger partial charge >= 0.3 is 0 Å². The first kappa shape index (κ1) is 14.4. The van der Waals surface area contributed by atoms with E-state index in [1.807, 2.05) is 20.8 Å². The van der Waals surface area contributed by atoms with Gasteiger partial charge in [-0.1, -0.05) is 0 Å². The van der Waals surface area contributed by atoms with E-state index in [9.17, 15) is 9.90 Å². The highest BCUT2D eigenvalue weighted by molar-refractivity contribution is 5.78. The van der Waals surface area contributed by atoms with E-state index in [2.05, 4.69) is 5.32 Å². The zero-order valence-corrected chi connectivity index (χ0v) is 10.7. The largest absolute Gasteiger partial charge is 0.389 e. The van der Waals surface area contributed by atoms with Gasteiger partial charge in [0.15, 0.2) is 0 Å². The lowest BCUT2D eigenvalue weighted by atomic mass is 10.1. The van der Waals surface area contributed by atoms with E-state index >= 15 is 0 Å². The molecule has 0 aromatic heterocycles. The summed E-state index contributed by atoms with van der Waals surface area (Å²) in [6.45, 7) is 10.1. The number of hydrogen-bond donors (Lipinski definition) is 2. The summed E-state index contributed by atoms with van der Waals surface area (Å²) < 4.78 is 0. The van der Waals surface area contributed by atoms with E-state index in [1.54, 1.807) is 25.8 Å². The Morgan fingerprint density at radius 1 is 1.27 bits per heavy atom. The summed E-state index contributed by atoms with van der Waals surface area (Å²) in [7, 11) is 1.70. The number of amides is 1. The SMILES string of the molecule is CN(CC(C)(C)O)C(=O)CNC(C)(C)C. The molecule has 90 valence electrons. The van der Waals surface area contributed by atoms with Gasteiger partial charge in [0.05, 0.1) is 12.1 Å². The van der Waals surface area contributed by atoms with Crippen LogP contribution < -0.4 is 5.32 Å². The summed E-state index contributed by atoms with van der Waals surface area (Å²) in [6.07, 6.45) is 0. The van der Waals surface area contributed by atoms with Crippen LogP contribution in [0.15, 0.2) is 0 Å². The smallest absolute Gasteiger partial charge is 0.236 e. The number of aliphatic hydroxyl groups is 1. The third-order valence-corrected chi connectivity index (χ3v) is 1.82. The van der Waals surface area contributed by atoms with Crippen molar-refractivity contribution in [2.24, 2.45) is 0 Å². The highest BCUT2D eigenvalue weighted by Gasteiger charge is 2.20. The highest BCUT2D eigenvalue weighted by Crippen LogP contribution is 2.03. The quantitative estimate of drug-likeness (QED) is 0.723. The maximum atomic E-state index is 11.6. The van der Waals surface area contributed by atoms with Gasteiger partial charge in [-0.3, -0.25) is 4.79 Å². The molecule has 15 heavy (non-hydrogen) atoms. The zero-order valence-electron chi connectivity index (χ0n) is 10.7. The Labute approximate surface area is 92.7 Å². The minimum Gasteiger partial charge on any atom is -0.389 e. The maximum absolute atomic E-state index is 11.6. The Bertz CT molecular complexity index is 214. The molecule has 0 radical (unpaired) electrons. The highest BCUT2D eigenvalue weighted by atomic mass is 16.3. The number of nitrogens with zero attached hydrogens (tertiary/aromatic N) is 1. The molecule has 0 heterocycles. The van der Waals surface area contributed by atoms with Gasteiger partial charge < -0.3 is 15.3 Å². The molecule has 0 saturated carbocycles. The third kappa shape index (κ3) is 8.39. The predicted molar refractivity (Wildman–Crippen MR) is 61.7 cm³/mol. The molecular weight excluding hydrogens is 192 g/mol. The molecule has 0 aromatic carbocycles. The number of carbonyl (C=O) groups is 1. The number of rotatable bonds is 4. The Hall–Kier alpha value is -0.610. The van der Waals surface area contributed by atoms with E-state index < -0.39 is 5.60 Å². The molecule has 0 aromatic rings. The van der Waals surface area contributed by atoms with Crippen LogP contribution in [0.5, 0.6) is 0 Å². The van der Waals surface area contributed by atoms with Crippen LogP contribution in [0, 0.1) is 0 Å². The first-order valence-corrected chi connectivity index (χ1v) is 5.23. The second-order valence-corrected chi connectivity index (χ2v) is 5.67. The molecule has 0 spiro atoms. The maximum Gasteiger partial charge on any atom is 0.236 e. The minimum absolute atomic E-state index is 0.00736. The fraction of sp³-hybridized carbons (Fsp3) is 0.909. The zero-order chi connectivity index (χ0) is 12.3. The number of carbonyl (C=O) groups excluding carboxylic acids is 1. The standard InChI is InChI=1S/C11H24N2O2/c1-10(2,3)12-7-9(14)13(6)8-11(4,5)15/h12,15H,7-8H2,1-6H3. The van der Waals surface area contributed by atoms with Gasteiger partial charge in [-0.25, -0.2) is 0 Å². The Balaban J connectivity index is 4.01. The molecule has 0 aliphatic heterocycles. The van der Waals surface area contributed by atoms with Gasteiger partial charge in [-0.05, 0) is 34.6 Å². The minimum atomic E-state index is -0.841. The molecule has 0 aliphatic carbocycles. The van der Waals surface area contributed by atoms with Gasteiger partial charge in [0.1, 0.15) is 0 Å². The van der Waals surface area contributed by atoms with E-state index in [0.717, 1.165) is 0 Å². The van der Waals surface area contributed by atoms with Crippen molar-refractivity contribution in [1.82, 2.24) is 10.2 Å². The van der Waals surface area contributed by atoms with Crippen molar-refractivity contribution in [3.8, 4) is 0 Å². The fourth-order valence-electron chi connectivity index (χ4n) is 1.14. The second kappa shape index (κ2) is 4.94. The number of hydrogen-bond acceptors (Lipinski definition) is 3. The Morgan fingerprint density at radius 2 is 1.73 bits per heavy atom. The molecule has 0 fully saturated rings. The van der Waals surface area contributed by atoms with Crippen molar-refractivity contribution in [1.29, 1.82) is 0 Å². The molecule has 0 unspecified atom stereocenters. The van der Waals surface area contributed by atoms with Crippen molar-refractivity contribution in [3.63, 3.8) is 0 Å². The lowest BCUT2D eigenvalue weighted by Crippen LogP contribution is -2.47. The first-order valence-electron chi connectivity index (χ1n) is 5.23. The van der Waals surface area contributed by atoms with Crippen LogP contribution in [0.2, 0.25) is 0 Å². The summed E-state index contributed by atoms with van der Waals surface area (Å²) in [6, 6.07) is 0. The van der Waals surface area contributed by atoms with E-state index in [4.69, 9.17) is 0 Å². The summed E-state index contributed by atoms with van der Waals surface area (Å²) in [5.41, 5.74) is -0.905. The second-order valence-electron chi connectivity index (χ2n) is 5.67. The van der Waals surface area contributed by atoms with Crippen LogP contribution in [-0.2, 0) is 4.79 Å². The Morgan fingerprint density at radius 3 is 2.07 bits per heavy atom. The Kier molecular flexibility index (Phi) is 4.74. The topological polar surface area (TPSA) is 52.6 Å². The molecule has 0 saturated heterocycles. The molecular formula is C11H24N2O2. The first-order chi connectivity index (χ1) is 6.51. The van der Waals surface area contributed by atoms with Gasteiger partial charge in [0, 0.05) is 19.1 Å². The van der Waals surface area contributed by atoms with Crippen molar-refractivity contribution in [2.45, 2.75) is 45.8 Å². The summed E-state index contributed by atoms with van der Waals surface area (Å²) in [5.74, 6) is -0.00736. The van der Waals surface area contributed by atoms with Crippen LogP contribution in [-0.4, -0.2) is 47.2 Å².